The Bertz CT molecular complexity index is 1400. The molecule has 6 rings (SSSR count). The molecule has 0 amide bonds. The van der Waals surface area contributed by atoms with Crippen molar-refractivity contribution in [2.75, 3.05) is 24.6 Å². The molecule has 0 bridgehead atoms. The highest BCUT2D eigenvalue weighted by Crippen LogP contribution is 2.42. The Kier molecular flexibility index (Phi) is 6.20. The number of piperidine rings is 1. The van der Waals surface area contributed by atoms with E-state index >= 15 is 0 Å². The van der Waals surface area contributed by atoms with Crippen LogP contribution in [0.2, 0.25) is 5.02 Å². The molecule has 11 heteroatoms. The summed E-state index contributed by atoms with van der Waals surface area (Å²) < 4.78 is 5.84. The summed E-state index contributed by atoms with van der Waals surface area (Å²) in [7, 11) is 0. The van der Waals surface area contributed by atoms with Crippen LogP contribution in [0.25, 0.3) is 22.4 Å². The second kappa shape index (κ2) is 9.51. The minimum Gasteiger partial charge on any atom is -0.376 e. The Labute approximate surface area is 217 Å². The van der Waals surface area contributed by atoms with Gasteiger partial charge in [-0.3, -0.25) is 9.97 Å². The Morgan fingerprint density at radius 2 is 1.94 bits per heavy atom. The Morgan fingerprint density at radius 3 is 2.69 bits per heavy atom. The van der Waals surface area contributed by atoms with E-state index in [1.807, 2.05) is 18.2 Å². The lowest BCUT2D eigenvalue weighted by atomic mass is 9.73. The highest BCUT2D eigenvalue weighted by atomic mass is 35.5. The lowest BCUT2D eigenvalue weighted by molar-refractivity contribution is 0.0973. The molecule has 184 valence electrons. The molecule has 36 heavy (non-hydrogen) atoms. The van der Waals surface area contributed by atoms with Crippen LogP contribution in [0.15, 0.2) is 59.1 Å². The summed E-state index contributed by atoms with van der Waals surface area (Å²) >= 11 is 8.14. The fourth-order valence-electron chi connectivity index (χ4n) is 4.96. The molecular weight excluding hydrogens is 496 g/mol. The summed E-state index contributed by atoms with van der Waals surface area (Å²) in [5.74, 6) is 0.673. The van der Waals surface area contributed by atoms with Gasteiger partial charge in [-0.15, -0.1) is 0 Å². The molecule has 1 aromatic carbocycles. The van der Waals surface area contributed by atoms with Crippen LogP contribution in [0.5, 0.6) is 0 Å². The van der Waals surface area contributed by atoms with Gasteiger partial charge in [0.25, 0.3) is 0 Å². The molecule has 2 saturated heterocycles. The smallest absolute Gasteiger partial charge is 0.227 e. The van der Waals surface area contributed by atoms with Crippen molar-refractivity contribution in [2.24, 2.45) is 11.1 Å². The van der Waals surface area contributed by atoms with Gasteiger partial charge in [-0.2, -0.15) is 4.98 Å². The maximum atomic E-state index is 6.70. The Balaban J connectivity index is 1.19. The van der Waals surface area contributed by atoms with Crippen LogP contribution < -0.4 is 10.6 Å². The summed E-state index contributed by atoms with van der Waals surface area (Å²) in [6, 6.07) is 5.89. The number of ether oxygens (including phenoxy) is 1. The zero-order chi connectivity index (χ0) is 24.7. The second-order valence-corrected chi connectivity index (χ2v) is 10.7. The van der Waals surface area contributed by atoms with Crippen LogP contribution in [0, 0.1) is 5.41 Å². The van der Waals surface area contributed by atoms with E-state index in [-0.39, 0.29) is 17.6 Å². The number of aromatic nitrogens is 6. The van der Waals surface area contributed by atoms with Gasteiger partial charge >= 0.3 is 0 Å². The fraction of sp³-hybridized carbons (Fsp3) is 0.360. The van der Waals surface area contributed by atoms with Crippen molar-refractivity contribution in [3.05, 3.63) is 54.2 Å². The predicted molar refractivity (Wildman–Crippen MR) is 139 cm³/mol. The molecule has 0 aliphatic carbocycles. The third-order valence-electron chi connectivity index (χ3n) is 7.17. The first kappa shape index (κ1) is 23.5. The minimum absolute atomic E-state index is 0.0599. The number of rotatable bonds is 4. The first-order valence-electron chi connectivity index (χ1n) is 11.9. The quantitative estimate of drug-likeness (QED) is 0.423. The van der Waals surface area contributed by atoms with Crippen molar-refractivity contribution in [1.29, 1.82) is 0 Å². The summed E-state index contributed by atoms with van der Waals surface area (Å²) in [5.41, 5.74) is 9.26. The van der Waals surface area contributed by atoms with Gasteiger partial charge < -0.3 is 15.4 Å². The molecule has 2 aliphatic heterocycles. The third-order valence-corrected chi connectivity index (χ3v) is 8.66. The number of hydrogen-bond acceptors (Lipinski definition) is 10. The molecule has 3 aromatic heterocycles. The standard InChI is InChI=1S/C25H25ClN8OS/c1-15-22(27)25(14-35-15)5-9-34(10-6-25)24-31-12-18-23(33-24)30-13-20(32-18)36-19-4-2-3-16(21(19)26)17-11-28-7-8-29-17/h2-4,7-8,11-13,15,22H,5-6,9-10,14,27H2,1H3/t15-,22+/m0/s1. The van der Waals surface area contributed by atoms with Crippen LogP contribution >= 0.6 is 23.4 Å². The van der Waals surface area contributed by atoms with Gasteiger partial charge in [0.15, 0.2) is 5.65 Å². The van der Waals surface area contributed by atoms with Gasteiger partial charge in [-0.05, 0) is 25.8 Å². The van der Waals surface area contributed by atoms with E-state index in [9.17, 15) is 0 Å². The molecular formula is C25H25ClN8OS. The highest BCUT2D eigenvalue weighted by molar-refractivity contribution is 7.99. The number of nitrogens with two attached hydrogens (primary N) is 1. The minimum atomic E-state index is 0.0599. The molecule has 1 spiro atoms. The number of nitrogens with zero attached hydrogens (tertiary/aromatic N) is 7. The average molecular weight is 521 g/mol. The fourth-order valence-corrected chi connectivity index (χ4v) is 6.12. The number of benzene rings is 1. The Morgan fingerprint density at radius 1 is 1.08 bits per heavy atom. The molecule has 2 fully saturated rings. The summed E-state index contributed by atoms with van der Waals surface area (Å²) in [5, 5.41) is 1.31. The monoisotopic (exact) mass is 520 g/mol. The molecule has 0 unspecified atom stereocenters. The average Bonchev–Trinajstić information content (AvgIpc) is 3.19. The van der Waals surface area contributed by atoms with E-state index in [1.165, 1.54) is 11.8 Å². The van der Waals surface area contributed by atoms with E-state index < -0.39 is 0 Å². The second-order valence-electron chi connectivity index (χ2n) is 9.29. The van der Waals surface area contributed by atoms with Crippen LogP contribution in [0.3, 0.4) is 0 Å². The number of anilines is 1. The van der Waals surface area contributed by atoms with Crippen molar-refractivity contribution in [2.45, 2.75) is 41.8 Å². The topological polar surface area (TPSA) is 116 Å². The molecule has 2 aliphatic rings. The van der Waals surface area contributed by atoms with Crippen LogP contribution in [-0.2, 0) is 4.74 Å². The van der Waals surface area contributed by atoms with E-state index in [4.69, 9.17) is 32.0 Å². The van der Waals surface area contributed by atoms with Gasteiger partial charge in [0, 0.05) is 47.4 Å². The molecule has 2 atom stereocenters. The van der Waals surface area contributed by atoms with E-state index in [0.717, 1.165) is 48.7 Å². The molecule has 4 aromatic rings. The third kappa shape index (κ3) is 4.28. The SMILES string of the molecule is C[C@@H]1OCC2(CCN(c3ncc4nc(Sc5cccc(-c6cnccn6)c5Cl)cnc4n3)CC2)[C@@H]1N. The van der Waals surface area contributed by atoms with Crippen LogP contribution in [0.4, 0.5) is 5.95 Å². The number of fused-ring (bicyclic) bond motifs is 1. The summed E-state index contributed by atoms with van der Waals surface area (Å²) in [6.45, 7) is 4.49. The predicted octanol–water partition coefficient (Wildman–Crippen LogP) is 4.01. The van der Waals surface area contributed by atoms with Crippen LogP contribution in [0.1, 0.15) is 19.8 Å². The van der Waals surface area contributed by atoms with Crippen molar-refractivity contribution >= 4 is 40.5 Å². The molecule has 0 radical (unpaired) electrons. The zero-order valence-electron chi connectivity index (χ0n) is 19.7. The molecule has 5 heterocycles. The van der Waals surface area contributed by atoms with Crippen molar-refractivity contribution in [3.8, 4) is 11.3 Å². The molecule has 2 N–H and O–H groups in total. The van der Waals surface area contributed by atoms with Crippen LogP contribution in [-0.4, -0.2) is 61.7 Å². The van der Waals surface area contributed by atoms with E-state index in [2.05, 4.69) is 31.8 Å². The summed E-state index contributed by atoms with van der Waals surface area (Å²) in [4.78, 5) is 30.1. The Hall–Kier alpha value is -2.92. The maximum absolute atomic E-state index is 6.70. The van der Waals surface area contributed by atoms with Gasteiger partial charge in [0.1, 0.15) is 10.5 Å². The van der Waals surface area contributed by atoms with Crippen molar-refractivity contribution < 1.29 is 4.74 Å². The largest absolute Gasteiger partial charge is 0.376 e. The lowest BCUT2D eigenvalue weighted by Crippen LogP contribution is -2.50. The van der Waals surface area contributed by atoms with Crippen molar-refractivity contribution in [3.63, 3.8) is 0 Å². The summed E-state index contributed by atoms with van der Waals surface area (Å²) in [6.07, 6.45) is 10.5. The van der Waals surface area contributed by atoms with Crippen molar-refractivity contribution in [1.82, 2.24) is 29.9 Å². The van der Waals surface area contributed by atoms with Gasteiger partial charge in [-0.1, -0.05) is 35.5 Å². The molecule has 9 nitrogen and oxygen atoms in total. The van der Waals surface area contributed by atoms with E-state index in [0.29, 0.717) is 27.2 Å². The highest BCUT2D eigenvalue weighted by Gasteiger charge is 2.47. The first-order valence-corrected chi connectivity index (χ1v) is 13.1. The number of halogens is 1. The van der Waals surface area contributed by atoms with Gasteiger partial charge in [0.2, 0.25) is 5.95 Å². The van der Waals surface area contributed by atoms with E-state index in [1.54, 1.807) is 31.0 Å². The maximum Gasteiger partial charge on any atom is 0.227 e. The van der Waals surface area contributed by atoms with Gasteiger partial charge in [-0.25, -0.2) is 15.0 Å². The molecule has 0 saturated carbocycles. The number of hydrogen-bond donors (Lipinski definition) is 1. The normalized spacial score (nSPS) is 21.4. The van der Waals surface area contributed by atoms with Gasteiger partial charge in [0.05, 0.1) is 42.0 Å². The lowest BCUT2D eigenvalue weighted by Gasteiger charge is -2.41. The zero-order valence-corrected chi connectivity index (χ0v) is 21.3. The first-order chi connectivity index (χ1) is 17.5.